The summed E-state index contributed by atoms with van der Waals surface area (Å²) >= 11 is 0. The molecule has 2 aromatic carbocycles. The summed E-state index contributed by atoms with van der Waals surface area (Å²) in [6.45, 7) is 0.194. The molecule has 0 unspecified atom stereocenters. The van der Waals surface area contributed by atoms with E-state index in [0.29, 0.717) is 12.8 Å². The van der Waals surface area contributed by atoms with Gasteiger partial charge in [0, 0.05) is 6.42 Å². The molecule has 0 aromatic heterocycles. The second kappa shape index (κ2) is 8.73. The standard InChI is InChI=1S/C19H20O4/c1-22-18-10-6-5-9-16(18)11-12-17(20)13-19(21)23-14-15-7-3-2-4-8-15/h2-10H,11-14H2,1H3. The van der Waals surface area contributed by atoms with E-state index in [1.54, 1.807) is 7.11 Å². The van der Waals surface area contributed by atoms with Crippen molar-refractivity contribution in [3.05, 3.63) is 65.7 Å². The lowest BCUT2D eigenvalue weighted by Crippen LogP contribution is -2.12. The number of hydrogen-bond donors (Lipinski definition) is 0. The lowest BCUT2D eigenvalue weighted by molar-refractivity contribution is -0.147. The summed E-state index contributed by atoms with van der Waals surface area (Å²) < 4.78 is 10.4. The summed E-state index contributed by atoms with van der Waals surface area (Å²) in [7, 11) is 1.60. The smallest absolute Gasteiger partial charge is 0.313 e. The minimum Gasteiger partial charge on any atom is -0.496 e. The first-order chi connectivity index (χ1) is 11.2. The summed E-state index contributed by atoms with van der Waals surface area (Å²) in [6.07, 6.45) is 0.650. The molecule has 0 amide bonds. The Kier molecular flexibility index (Phi) is 6.36. The topological polar surface area (TPSA) is 52.6 Å². The fraction of sp³-hybridized carbons (Fsp3) is 0.263. The van der Waals surface area contributed by atoms with Gasteiger partial charge in [0.2, 0.25) is 0 Å². The molecule has 23 heavy (non-hydrogen) atoms. The second-order valence-electron chi connectivity index (χ2n) is 5.17. The molecule has 0 aliphatic rings. The number of hydrogen-bond acceptors (Lipinski definition) is 4. The van der Waals surface area contributed by atoms with E-state index in [2.05, 4.69) is 0 Å². The molecule has 0 bridgehead atoms. The van der Waals surface area contributed by atoms with Gasteiger partial charge in [-0.05, 0) is 23.6 Å². The van der Waals surface area contributed by atoms with E-state index in [1.807, 2.05) is 54.6 Å². The zero-order chi connectivity index (χ0) is 16.5. The minimum absolute atomic E-state index is 0.131. The van der Waals surface area contributed by atoms with Crippen LogP contribution in [0.4, 0.5) is 0 Å². The van der Waals surface area contributed by atoms with Crippen LogP contribution in [0.3, 0.4) is 0 Å². The Labute approximate surface area is 136 Å². The maximum absolute atomic E-state index is 11.9. The van der Waals surface area contributed by atoms with Crippen molar-refractivity contribution in [2.45, 2.75) is 25.9 Å². The zero-order valence-corrected chi connectivity index (χ0v) is 13.2. The molecule has 0 spiro atoms. The third-order valence-electron chi connectivity index (χ3n) is 3.45. The van der Waals surface area contributed by atoms with Gasteiger partial charge in [-0.25, -0.2) is 0 Å². The number of ether oxygens (including phenoxy) is 2. The first-order valence-electron chi connectivity index (χ1n) is 7.52. The van der Waals surface area contributed by atoms with E-state index in [0.717, 1.165) is 16.9 Å². The fourth-order valence-electron chi connectivity index (χ4n) is 2.22. The largest absolute Gasteiger partial charge is 0.496 e. The molecule has 0 atom stereocenters. The summed E-state index contributed by atoms with van der Waals surface area (Å²) in [4.78, 5) is 23.6. The van der Waals surface area contributed by atoms with Crippen molar-refractivity contribution in [3.8, 4) is 5.75 Å². The first kappa shape index (κ1) is 16.7. The first-order valence-corrected chi connectivity index (χ1v) is 7.52. The molecule has 0 N–H and O–H groups in total. The Morgan fingerprint density at radius 2 is 1.65 bits per heavy atom. The molecular weight excluding hydrogens is 292 g/mol. The highest BCUT2D eigenvalue weighted by Gasteiger charge is 2.12. The van der Waals surface area contributed by atoms with Crippen molar-refractivity contribution in [2.24, 2.45) is 0 Å². The Morgan fingerprint density at radius 3 is 2.39 bits per heavy atom. The van der Waals surface area contributed by atoms with Gasteiger partial charge in [0.1, 0.15) is 24.6 Å². The summed E-state index contributed by atoms with van der Waals surface area (Å²) in [6, 6.07) is 16.9. The molecule has 0 radical (unpaired) electrons. The number of para-hydroxylation sites is 1. The van der Waals surface area contributed by atoms with Crippen molar-refractivity contribution in [2.75, 3.05) is 7.11 Å². The maximum Gasteiger partial charge on any atom is 0.313 e. The predicted molar refractivity (Wildman–Crippen MR) is 87.2 cm³/mol. The monoisotopic (exact) mass is 312 g/mol. The fourth-order valence-corrected chi connectivity index (χ4v) is 2.22. The van der Waals surface area contributed by atoms with E-state index in [-0.39, 0.29) is 18.8 Å². The molecule has 0 saturated heterocycles. The highest BCUT2D eigenvalue weighted by molar-refractivity contribution is 5.95. The van der Waals surface area contributed by atoms with Gasteiger partial charge in [0.05, 0.1) is 7.11 Å². The molecule has 0 aliphatic carbocycles. The van der Waals surface area contributed by atoms with Crippen LogP contribution in [0.2, 0.25) is 0 Å². The number of carbonyl (C=O) groups is 2. The lowest BCUT2D eigenvalue weighted by atomic mass is 10.1. The SMILES string of the molecule is COc1ccccc1CCC(=O)CC(=O)OCc1ccccc1. The molecule has 120 valence electrons. The normalized spacial score (nSPS) is 10.1. The van der Waals surface area contributed by atoms with Crippen LogP contribution >= 0.6 is 0 Å². The van der Waals surface area contributed by atoms with Crippen molar-refractivity contribution in [1.82, 2.24) is 0 Å². The molecule has 0 heterocycles. The Morgan fingerprint density at radius 1 is 0.957 bits per heavy atom. The number of esters is 1. The van der Waals surface area contributed by atoms with Crippen LogP contribution in [-0.2, 0) is 27.4 Å². The highest BCUT2D eigenvalue weighted by atomic mass is 16.5. The molecule has 4 heteroatoms. The summed E-state index contributed by atoms with van der Waals surface area (Å²) in [5, 5.41) is 0. The van der Waals surface area contributed by atoms with Crippen LogP contribution in [0.5, 0.6) is 5.75 Å². The number of carbonyl (C=O) groups excluding carboxylic acids is 2. The quantitative estimate of drug-likeness (QED) is 0.554. The van der Waals surface area contributed by atoms with E-state index >= 15 is 0 Å². The number of Topliss-reactive ketones (excluding diaryl/α,β-unsaturated/α-hetero) is 1. The summed E-state index contributed by atoms with van der Waals surface area (Å²) in [5.74, 6) is 0.139. The molecule has 2 aromatic rings. The van der Waals surface area contributed by atoms with Crippen molar-refractivity contribution >= 4 is 11.8 Å². The van der Waals surface area contributed by atoms with Crippen LogP contribution in [0.25, 0.3) is 0 Å². The molecule has 0 saturated carbocycles. The van der Waals surface area contributed by atoms with Gasteiger partial charge in [-0.2, -0.15) is 0 Å². The van der Waals surface area contributed by atoms with E-state index < -0.39 is 5.97 Å². The third-order valence-corrected chi connectivity index (χ3v) is 3.45. The Bertz CT molecular complexity index is 649. The van der Waals surface area contributed by atoms with Gasteiger partial charge in [-0.15, -0.1) is 0 Å². The van der Waals surface area contributed by atoms with Crippen molar-refractivity contribution < 1.29 is 19.1 Å². The number of methoxy groups -OCH3 is 1. The predicted octanol–water partition coefficient (Wildman–Crippen LogP) is 3.33. The second-order valence-corrected chi connectivity index (χ2v) is 5.17. The van der Waals surface area contributed by atoms with Gasteiger partial charge >= 0.3 is 5.97 Å². The lowest BCUT2D eigenvalue weighted by Gasteiger charge is -2.07. The van der Waals surface area contributed by atoms with Gasteiger partial charge in [0.15, 0.2) is 0 Å². The number of ketones is 1. The highest BCUT2D eigenvalue weighted by Crippen LogP contribution is 2.19. The molecular formula is C19H20O4. The van der Waals surface area contributed by atoms with E-state index in [4.69, 9.17) is 9.47 Å². The minimum atomic E-state index is -0.487. The van der Waals surface area contributed by atoms with Gasteiger partial charge in [0.25, 0.3) is 0 Å². The van der Waals surface area contributed by atoms with Crippen LogP contribution in [0.1, 0.15) is 24.0 Å². The Hall–Kier alpha value is -2.62. The summed E-state index contributed by atoms with van der Waals surface area (Å²) in [5.41, 5.74) is 1.86. The maximum atomic E-state index is 11.9. The number of aryl methyl sites for hydroxylation is 1. The number of benzene rings is 2. The van der Waals surface area contributed by atoms with Gasteiger partial charge < -0.3 is 9.47 Å². The van der Waals surface area contributed by atoms with Gasteiger partial charge in [-0.1, -0.05) is 48.5 Å². The average Bonchev–Trinajstić information content (AvgIpc) is 2.59. The van der Waals surface area contributed by atoms with E-state index in [9.17, 15) is 9.59 Å². The molecule has 0 fully saturated rings. The average molecular weight is 312 g/mol. The molecule has 2 rings (SSSR count). The van der Waals surface area contributed by atoms with Crippen LogP contribution in [-0.4, -0.2) is 18.9 Å². The van der Waals surface area contributed by atoms with Crippen LogP contribution in [0, 0.1) is 0 Å². The van der Waals surface area contributed by atoms with Crippen LogP contribution < -0.4 is 4.74 Å². The van der Waals surface area contributed by atoms with Crippen molar-refractivity contribution in [1.29, 1.82) is 0 Å². The Balaban J connectivity index is 1.75. The van der Waals surface area contributed by atoms with Gasteiger partial charge in [-0.3, -0.25) is 9.59 Å². The van der Waals surface area contributed by atoms with Crippen LogP contribution in [0.15, 0.2) is 54.6 Å². The molecule has 0 aliphatic heterocycles. The third kappa shape index (κ3) is 5.58. The molecule has 4 nitrogen and oxygen atoms in total. The van der Waals surface area contributed by atoms with Crippen molar-refractivity contribution in [3.63, 3.8) is 0 Å². The van der Waals surface area contributed by atoms with E-state index in [1.165, 1.54) is 0 Å². The zero-order valence-electron chi connectivity index (χ0n) is 13.2. The number of rotatable bonds is 8.